The lowest BCUT2D eigenvalue weighted by Crippen LogP contribution is -2.44. The predicted molar refractivity (Wildman–Crippen MR) is 118 cm³/mol. The van der Waals surface area contributed by atoms with Crippen LogP contribution < -0.4 is 21.5 Å². The van der Waals surface area contributed by atoms with Gasteiger partial charge in [-0.15, -0.1) is 5.92 Å². The number of imidazole rings is 1. The smallest absolute Gasteiger partial charge is 0.475 e. The molecule has 2 aromatic rings. The molecule has 0 aromatic carbocycles. The summed E-state index contributed by atoms with van der Waals surface area (Å²) >= 11 is 0. The quantitative estimate of drug-likeness (QED) is 0.410. The highest BCUT2D eigenvalue weighted by Crippen LogP contribution is 2.20. The van der Waals surface area contributed by atoms with E-state index in [9.17, 15) is 27.6 Å². The number of nitrogens with one attached hydrogen (secondary N) is 1. The first-order valence-electron chi connectivity index (χ1n) is 10.4. The number of nitrogens with zero attached hydrogens (tertiary/aromatic N) is 5. The van der Waals surface area contributed by atoms with Crippen LogP contribution in [0.2, 0.25) is 0 Å². The van der Waals surface area contributed by atoms with Gasteiger partial charge in [0.05, 0.1) is 13.1 Å². The lowest BCUT2D eigenvalue weighted by molar-refractivity contribution is -0.192. The molecule has 2 N–H and O–H groups in total. The van der Waals surface area contributed by atoms with Gasteiger partial charge in [0.25, 0.3) is 5.56 Å². The van der Waals surface area contributed by atoms with Gasteiger partial charge in [-0.1, -0.05) is 5.92 Å². The highest BCUT2D eigenvalue weighted by atomic mass is 19.4. The normalized spacial score (nSPS) is 13.5. The van der Waals surface area contributed by atoms with Crippen LogP contribution in [0, 0.1) is 11.8 Å². The molecular weight excluding hydrogens is 477 g/mol. The zero-order valence-electron chi connectivity index (χ0n) is 19.3. The minimum absolute atomic E-state index is 0.0192. The fourth-order valence-corrected chi connectivity index (χ4v) is 3.25. The first-order chi connectivity index (χ1) is 16.4. The molecule has 0 amide bonds. The third-order valence-electron chi connectivity index (χ3n) is 4.89. The van der Waals surface area contributed by atoms with Gasteiger partial charge in [0.2, 0.25) is 5.95 Å². The molecule has 0 aliphatic carbocycles. The number of esters is 1. The molecule has 0 unspecified atom stereocenters. The van der Waals surface area contributed by atoms with Crippen LogP contribution in [0.1, 0.15) is 13.8 Å². The molecule has 1 aliphatic rings. The first-order valence-corrected chi connectivity index (χ1v) is 10.4. The van der Waals surface area contributed by atoms with Crippen molar-refractivity contribution in [2.45, 2.75) is 33.1 Å². The number of carboxylic acid groups (broad SMARTS) is 1. The van der Waals surface area contributed by atoms with E-state index in [1.165, 1.54) is 11.5 Å². The van der Waals surface area contributed by atoms with Gasteiger partial charge in [-0.25, -0.2) is 9.59 Å². The number of carbonyl (C=O) groups excluding carboxylic acids is 1. The van der Waals surface area contributed by atoms with Crippen LogP contribution in [0.4, 0.5) is 19.1 Å². The van der Waals surface area contributed by atoms with Crippen molar-refractivity contribution in [2.75, 3.05) is 37.7 Å². The van der Waals surface area contributed by atoms with Crippen LogP contribution in [0.5, 0.6) is 0 Å². The third kappa shape index (κ3) is 6.63. The van der Waals surface area contributed by atoms with Crippen molar-refractivity contribution in [3.8, 4) is 11.8 Å². The number of hydrogen-bond donors (Lipinski definition) is 2. The third-order valence-corrected chi connectivity index (χ3v) is 4.89. The van der Waals surface area contributed by atoms with E-state index < -0.39 is 29.4 Å². The number of anilines is 1. The number of alkyl halides is 3. The number of aromatic nitrogens is 4. The minimum atomic E-state index is -5.08. The Morgan fingerprint density at radius 2 is 1.80 bits per heavy atom. The monoisotopic (exact) mass is 502 g/mol. The number of aryl methyl sites for hydroxylation is 1. The molecule has 0 bridgehead atoms. The summed E-state index contributed by atoms with van der Waals surface area (Å²) in [5.41, 5.74) is -0.314. The largest absolute Gasteiger partial charge is 0.490 e. The van der Waals surface area contributed by atoms with E-state index in [4.69, 9.17) is 14.6 Å². The summed E-state index contributed by atoms with van der Waals surface area (Å²) in [6.07, 6.45) is -5.08. The zero-order chi connectivity index (χ0) is 26.3. The van der Waals surface area contributed by atoms with Crippen molar-refractivity contribution in [3.63, 3.8) is 0 Å². The second kappa shape index (κ2) is 11.6. The maximum Gasteiger partial charge on any atom is 0.490 e. The summed E-state index contributed by atoms with van der Waals surface area (Å²) < 4.78 is 40.8. The molecule has 3 heterocycles. The molecule has 35 heavy (non-hydrogen) atoms. The minimum Gasteiger partial charge on any atom is -0.475 e. The van der Waals surface area contributed by atoms with Crippen molar-refractivity contribution in [1.82, 2.24) is 24.0 Å². The van der Waals surface area contributed by atoms with Gasteiger partial charge < -0.3 is 20.1 Å². The Kier molecular flexibility index (Phi) is 9.06. The second-order valence-electron chi connectivity index (χ2n) is 7.28. The molecule has 192 valence electrons. The fraction of sp³-hybridized carbons (Fsp3) is 0.550. The number of hydrogen-bond acceptors (Lipinski definition) is 8. The number of rotatable bonds is 5. The summed E-state index contributed by atoms with van der Waals surface area (Å²) in [4.78, 5) is 52.4. The van der Waals surface area contributed by atoms with Crippen molar-refractivity contribution in [1.29, 1.82) is 0 Å². The Morgan fingerprint density at radius 1 is 1.20 bits per heavy atom. The van der Waals surface area contributed by atoms with Crippen LogP contribution in [0.3, 0.4) is 0 Å². The van der Waals surface area contributed by atoms with Crippen molar-refractivity contribution in [3.05, 3.63) is 20.8 Å². The summed E-state index contributed by atoms with van der Waals surface area (Å²) in [6.45, 7) is 6.36. The number of fused-ring (bicyclic) bond motifs is 1. The molecule has 1 aliphatic heterocycles. The highest BCUT2D eigenvalue weighted by molar-refractivity contribution is 5.75. The number of carbonyl (C=O) groups is 2. The molecule has 0 saturated carbocycles. The average Bonchev–Trinajstić information content (AvgIpc) is 3.18. The van der Waals surface area contributed by atoms with Gasteiger partial charge in [-0.2, -0.15) is 18.2 Å². The highest BCUT2D eigenvalue weighted by Gasteiger charge is 2.38. The Bertz CT molecular complexity index is 1260. The number of ether oxygens (including phenoxy) is 1. The molecule has 15 heteroatoms. The zero-order valence-corrected chi connectivity index (χ0v) is 19.3. The Hall–Kier alpha value is -3.80. The van der Waals surface area contributed by atoms with Crippen LogP contribution in [-0.2, 0) is 34.5 Å². The van der Waals surface area contributed by atoms with Gasteiger partial charge in [0, 0.05) is 40.2 Å². The average molecular weight is 502 g/mol. The maximum atomic E-state index is 13.1. The lowest BCUT2D eigenvalue weighted by Gasteiger charge is -2.28. The van der Waals surface area contributed by atoms with E-state index in [0.29, 0.717) is 23.7 Å². The SMILES string of the molecule is CC#CCn1c(N2CCNCC2)nc2c1c(=O)n(CCOC(C)=O)c(=O)n2C.O=C(O)C(F)(F)F. The van der Waals surface area contributed by atoms with Crippen LogP contribution in [0.25, 0.3) is 11.2 Å². The van der Waals surface area contributed by atoms with Crippen LogP contribution >= 0.6 is 0 Å². The molecule has 3 rings (SSSR count). The molecule has 0 atom stereocenters. The summed E-state index contributed by atoms with van der Waals surface area (Å²) in [5, 5.41) is 10.4. The molecule has 12 nitrogen and oxygen atoms in total. The number of aliphatic carboxylic acids is 1. The van der Waals surface area contributed by atoms with Gasteiger partial charge in [0.15, 0.2) is 11.2 Å². The summed E-state index contributed by atoms with van der Waals surface area (Å²) in [6, 6.07) is 0. The number of halogens is 3. The van der Waals surface area contributed by atoms with Gasteiger partial charge in [-0.05, 0) is 6.92 Å². The molecular formula is C20H25F3N6O6. The van der Waals surface area contributed by atoms with Crippen molar-refractivity contribution < 1.29 is 32.6 Å². The van der Waals surface area contributed by atoms with Crippen molar-refractivity contribution in [2.24, 2.45) is 7.05 Å². The van der Waals surface area contributed by atoms with E-state index in [1.807, 2.05) is 0 Å². The van der Waals surface area contributed by atoms with Crippen molar-refractivity contribution >= 4 is 29.1 Å². The van der Waals surface area contributed by atoms with Gasteiger partial charge in [0.1, 0.15) is 6.61 Å². The molecule has 1 saturated heterocycles. The fourth-order valence-electron chi connectivity index (χ4n) is 3.25. The number of piperazine rings is 1. The first kappa shape index (κ1) is 27.4. The molecule has 2 aromatic heterocycles. The van der Waals surface area contributed by atoms with E-state index in [1.54, 1.807) is 18.5 Å². The standard InChI is InChI=1S/C18H24N6O4.C2HF3O2/c1-4-5-8-23-14-15(20-17(23)22-9-6-19-7-10-22)21(3)18(27)24(16(14)26)11-12-28-13(2)25;3-2(4,5)1(6)7/h19H,6-12H2,1-3H3;(H,6,7). The maximum absolute atomic E-state index is 13.1. The van der Waals surface area contributed by atoms with E-state index in [-0.39, 0.29) is 13.2 Å². The molecule has 1 fully saturated rings. The van der Waals surface area contributed by atoms with Gasteiger partial charge >= 0.3 is 23.8 Å². The lowest BCUT2D eigenvalue weighted by atomic mass is 10.4. The van der Waals surface area contributed by atoms with Crippen LogP contribution in [0.15, 0.2) is 9.59 Å². The Labute approximate surface area is 196 Å². The van der Waals surface area contributed by atoms with E-state index in [0.717, 1.165) is 30.7 Å². The molecule has 0 radical (unpaired) electrons. The number of carboxylic acids is 1. The Morgan fingerprint density at radius 3 is 2.31 bits per heavy atom. The van der Waals surface area contributed by atoms with Crippen LogP contribution in [-0.4, -0.2) is 74.7 Å². The predicted octanol–water partition coefficient (Wildman–Crippen LogP) is -0.474. The van der Waals surface area contributed by atoms with Gasteiger partial charge in [-0.3, -0.25) is 23.3 Å². The summed E-state index contributed by atoms with van der Waals surface area (Å²) in [7, 11) is 1.58. The molecule has 0 spiro atoms. The van der Waals surface area contributed by atoms with E-state index >= 15 is 0 Å². The summed E-state index contributed by atoms with van der Waals surface area (Å²) in [5.74, 6) is 3.24. The topological polar surface area (TPSA) is 141 Å². The second-order valence-corrected chi connectivity index (χ2v) is 7.28. The Balaban J connectivity index is 0.000000540. The van der Waals surface area contributed by atoms with E-state index in [2.05, 4.69) is 27.0 Å².